The normalized spacial score (nSPS) is 12.7. The Labute approximate surface area is 104 Å². The molecule has 2 rings (SSSR count). The first-order chi connectivity index (χ1) is 8.54. The minimum absolute atomic E-state index is 0.146. The van der Waals surface area contributed by atoms with Crippen molar-refractivity contribution >= 4 is 0 Å². The van der Waals surface area contributed by atoms with Crippen LogP contribution >= 0.6 is 0 Å². The summed E-state index contributed by atoms with van der Waals surface area (Å²) in [5.41, 5.74) is 6.10. The first-order valence-corrected chi connectivity index (χ1v) is 5.83. The van der Waals surface area contributed by atoms with Gasteiger partial charge in [-0.3, -0.25) is 0 Å². The predicted octanol–water partition coefficient (Wildman–Crippen LogP) is 3.48. The first-order valence-electron chi connectivity index (χ1n) is 5.83. The Bertz CT molecular complexity index is 563. The molecule has 0 saturated heterocycles. The Kier molecular flexibility index (Phi) is 3.48. The van der Waals surface area contributed by atoms with E-state index in [0.29, 0.717) is 17.7 Å². The fraction of sp³-hybridized carbons (Fsp3) is 0.286. The molecule has 18 heavy (non-hydrogen) atoms. The van der Waals surface area contributed by atoms with Gasteiger partial charge in [-0.05, 0) is 30.7 Å². The Morgan fingerprint density at radius 2 is 1.94 bits per heavy atom. The molecule has 2 N–H and O–H groups in total. The van der Waals surface area contributed by atoms with Gasteiger partial charge in [-0.1, -0.05) is 13.0 Å². The lowest BCUT2D eigenvalue weighted by Crippen LogP contribution is -2.15. The number of furan rings is 1. The number of aryl methyl sites for hydroxylation is 2. The summed E-state index contributed by atoms with van der Waals surface area (Å²) >= 11 is 0. The summed E-state index contributed by atoms with van der Waals surface area (Å²) in [6, 6.07) is 5.11. The van der Waals surface area contributed by atoms with Crippen LogP contribution in [0.4, 0.5) is 8.78 Å². The summed E-state index contributed by atoms with van der Waals surface area (Å²) in [5.74, 6) is -0.152. The molecule has 0 spiro atoms. The minimum atomic E-state index is -0.926. The van der Waals surface area contributed by atoms with E-state index in [1.807, 2.05) is 6.92 Å². The molecule has 1 unspecified atom stereocenters. The second-order valence-corrected chi connectivity index (χ2v) is 4.23. The largest absolute Gasteiger partial charge is 0.464 e. The zero-order valence-corrected chi connectivity index (χ0v) is 10.3. The molecule has 1 aromatic carbocycles. The average molecular weight is 251 g/mol. The van der Waals surface area contributed by atoms with E-state index >= 15 is 0 Å². The Morgan fingerprint density at radius 3 is 2.56 bits per heavy atom. The third kappa shape index (κ3) is 2.16. The molecule has 1 heterocycles. The van der Waals surface area contributed by atoms with Gasteiger partial charge in [-0.2, -0.15) is 0 Å². The Hall–Kier alpha value is -1.68. The van der Waals surface area contributed by atoms with E-state index < -0.39 is 17.7 Å². The van der Waals surface area contributed by atoms with Crippen LogP contribution in [0.3, 0.4) is 0 Å². The van der Waals surface area contributed by atoms with Crippen LogP contribution in [-0.2, 0) is 6.42 Å². The van der Waals surface area contributed by atoms with Crippen molar-refractivity contribution in [1.29, 1.82) is 0 Å². The van der Waals surface area contributed by atoms with Crippen LogP contribution < -0.4 is 5.73 Å². The smallest absolute Gasteiger partial charge is 0.134 e. The monoisotopic (exact) mass is 251 g/mol. The summed E-state index contributed by atoms with van der Waals surface area (Å²) in [4.78, 5) is 0. The highest BCUT2D eigenvalue weighted by Crippen LogP contribution is 2.27. The molecule has 0 bridgehead atoms. The average Bonchev–Trinajstić information content (AvgIpc) is 2.83. The highest BCUT2D eigenvalue weighted by molar-refractivity contribution is 5.33. The van der Waals surface area contributed by atoms with Crippen molar-refractivity contribution in [2.24, 2.45) is 5.73 Å². The molecule has 2 aromatic rings. The van der Waals surface area contributed by atoms with E-state index in [0.717, 1.165) is 5.76 Å². The van der Waals surface area contributed by atoms with Gasteiger partial charge in [0.05, 0.1) is 6.04 Å². The van der Waals surface area contributed by atoms with Crippen LogP contribution in [0, 0.1) is 18.6 Å². The van der Waals surface area contributed by atoms with Gasteiger partial charge in [0.2, 0.25) is 0 Å². The fourth-order valence-corrected chi connectivity index (χ4v) is 1.86. The second kappa shape index (κ2) is 4.90. The van der Waals surface area contributed by atoms with Crippen molar-refractivity contribution in [2.75, 3.05) is 0 Å². The fourth-order valence-electron chi connectivity index (χ4n) is 1.86. The number of hydrogen-bond donors (Lipinski definition) is 1. The molecule has 0 radical (unpaired) electrons. The molecular weight excluding hydrogens is 236 g/mol. The van der Waals surface area contributed by atoms with E-state index in [4.69, 9.17) is 10.2 Å². The van der Waals surface area contributed by atoms with Crippen LogP contribution in [0.1, 0.15) is 35.6 Å². The number of halogens is 2. The maximum Gasteiger partial charge on any atom is 0.134 e. The molecule has 96 valence electrons. The molecule has 4 heteroatoms. The van der Waals surface area contributed by atoms with E-state index in [1.54, 1.807) is 19.1 Å². The molecule has 0 aliphatic rings. The lowest BCUT2D eigenvalue weighted by atomic mass is 10.0. The van der Waals surface area contributed by atoms with Crippen molar-refractivity contribution in [3.8, 4) is 0 Å². The molecule has 0 aliphatic heterocycles. The number of rotatable bonds is 3. The number of benzene rings is 1. The van der Waals surface area contributed by atoms with Gasteiger partial charge < -0.3 is 10.2 Å². The highest BCUT2D eigenvalue weighted by atomic mass is 19.1. The van der Waals surface area contributed by atoms with Gasteiger partial charge in [0.25, 0.3) is 0 Å². The van der Waals surface area contributed by atoms with E-state index in [9.17, 15) is 8.78 Å². The van der Waals surface area contributed by atoms with E-state index in [2.05, 4.69) is 0 Å². The van der Waals surface area contributed by atoms with Crippen LogP contribution in [0.25, 0.3) is 0 Å². The summed E-state index contributed by atoms with van der Waals surface area (Å²) < 4.78 is 33.1. The summed E-state index contributed by atoms with van der Waals surface area (Å²) in [5, 5.41) is 0. The maximum atomic E-state index is 13.9. The third-order valence-corrected chi connectivity index (χ3v) is 2.97. The molecule has 0 aliphatic carbocycles. The van der Waals surface area contributed by atoms with E-state index in [1.165, 1.54) is 12.1 Å². The predicted molar refractivity (Wildman–Crippen MR) is 65.2 cm³/mol. The van der Waals surface area contributed by atoms with Crippen LogP contribution in [0.15, 0.2) is 28.7 Å². The zero-order chi connectivity index (χ0) is 13.3. The van der Waals surface area contributed by atoms with Crippen LogP contribution in [0.5, 0.6) is 0 Å². The van der Waals surface area contributed by atoms with Gasteiger partial charge in [0.15, 0.2) is 0 Å². The molecule has 1 aromatic heterocycles. The molecule has 2 nitrogen and oxygen atoms in total. The quantitative estimate of drug-likeness (QED) is 0.907. The number of hydrogen-bond acceptors (Lipinski definition) is 2. The summed E-state index contributed by atoms with van der Waals surface area (Å²) in [6.07, 6.45) is 0.714. The summed E-state index contributed by atoms with van der Waals surface area (Å²) in [6.45, 7) is 3.51. The number of nitrogens with two attached hydrogens (primary N) is 1. The third-order valence-electron chi connectivity index (χ3n) is 2.97. The SMILES string of the molecule is CCc1ccc(C(N)c2c(F)ccc(C)c2F)o1. The molecule has 0 fully saturated rings. The minimum Gasteiger partial charge on any atom is -0.464 e. The maximum absolute atomic E-state index is 13.9. The van der Waals surface area contributed by atoms with E-state index in [-0.39, 0.29) is 5.56 Å². The topological polar surface area (TPSA) is 39.2 Å². The van der Waals surface area contributed by atoms with Crippen LogP contribution in [0.2, 0.25) is 0 Å². The van der Waals surface area contributed by atoms with Gasteiger partial charge >= 0.3 is 0 Å². The van der Waals surface area contributed by atoms with Crippen LogP contribution in [-0.4, -0.2) is 0 Å². The van der Waals surface area contributed by atoms with Gasteiger partial charge in [0, 0.05) is 12.0 Å². The van der Waals surface area contributed by atoms with Gasteiger partial charge in [-0.15, -0.1) is 0 Å². The second-order valence-electron chi connectivity index (χ2n) is 4.23. The lowest BCUT2D eigenvalue weighted by molar-refractivity contribution is 0.438. The van der Waals surface area contributed by atoms with Crippen molar-refractivity contribution in [3.63, 3.8) is 0 Å². The van der Waals surface area contributed by atoms with Crippen molar-refractivity contribution in [1.82, 2.24) is 0 Å². The molecule has 1 atom stereocenters. The lowest BCUT2D eigenvalue weighted by Gasteiger charge is -2.13. The standard InChI is InChI=1S/C14H15F2NO/c1-3-9-5-7-11(18-9)14(17)12-10(15)6-4-8(2)13(12)16/h4-7,14H,3,17H2,1-2H3. The molecule has 0 amide bonds. The van der Waals surface area contributed by atoms with Gasteiger partial charge in [-0.25, -0.2) is 8.78 Å². The Morgan fingerprint density at radius 1 is 1.22 bits per heavy atom. The zero-order valence-electron chi connectivity index (χ0n) is 10.3. The van der Waals surface area contributed by atoms with Crippen molar-refractivity contribution in [2.45, 2.75) is 26.3 Å². The highest BCUT2D eigenvalue weighted by Gasteiger charge is 2.22. The Balaban J connectivity index is 2.45. The van der Waals surface area contributed by atoms with Gasteiger partial charge in [0.1, 0.15) is 23.2 Å². The van der Waals surface area contributed by atoms with Crippen molar-refractivity contribution in [3.05, 3.63) is 58.5 Å². The molecular formula is C14H15F2NO. The summed E-state index contributed by atoms with van der Waals surface area (Å²) in [7, 11) is 0. The molecule has 0 saturated carbocycles. The first kappa shape index (κ1) is 12.8. The van der Waals surface area contributed by atoms with Crippen molar-refractivity contribution < 1.29 is 13.2 Å².